The number of aromatic amines is 3. The van der Waals surface area contributed by atoms with Gasteiger partial charge >= 0.3 is 0 Å². The molecule has 0 saturated carbocycles. The van der Waals surface area contributed by atoms with E-state index in [-0.39, 0.29) is 37.3 Å². The van der Waals surface area contributed by atoms with E-state index in [1.54, 1.807) is 24.4 Å². The molecular formula is C56H39F4N13O4. The van der Waals surface area contributed by atoms with Crippen molar-refractivity contribution in [2.24, 2.45) is 0 Å². The third-order valence-electron chi connectivity index (χ3n) is 12.4. The Bertz CT molecular complexity index is 4200. The van der Waals surface area contributed by atoms with E-state index in [4.69, 9.17) is 0 Å². The van der Waals surface area contributed by atoms with Crippen LogP contribution in [0.25, 0.3) is 55.7 Å². The summed E-state index contributed by atoms with van der Waals surface area (Å²) in [6, 6.07) is 33.7. The van der Waals surface area contributed by atoms with Crippen LogP contribution < -0.4 is 21.8 Å². The first-order valence-electron chi connectivity index (χ1n) is 23.5. The molecule has 77 heavy (non-hydrogen) atoms. The molecule has 380 valence electrons. The highest BCUT2D eigenvalue weighted by Gasteiger charge is 2.17. The highest BCUT2D eigenvalue weighted by Crippen LogP contribution is 2.31. The molecule has 11 aromatic rings. The Balaban J connectivity index is 0.000000175. The zero-order valence-electron chi connectivity index (χ0n) is 40.1. The molecular weight excluding hydrogens is 995 g/mol. The number of halogens is 4. The molecule has 0 saturated heterocycles. The number of H-pyrrole nitrogens is 3. The van der Waals surface area contributed by atoms with Crippen LogP contribution >= 0.6 is 0 Å². The number of tetrazole rings is 1. The van der Waals surface area contributed by atoms with Crippen LogP contribution in [-0.4, -0.2) is 61.5 Å². The number of carbonyl (C=O) groups excluding carboxylic acids is 2. The second kappa shape index (κ2) is 21.8. The molecule has 11 rings (SSSR count). The van der Waals surface area contributed by atoms with Crippen molar-refractivity contribution in [3.63, 3.8) is 0 Å². The van der Waals surface area contributed by atoms with Gasteiger partial charge in [0.1, 0.15) is 28.5 Å². The lowest BCUT2D eigenvalue weighted by Gasteiger charge is -2.10. The van der Waals surface area contributed by atoms with Crippen LogP contribution in [0.4, 0.5) is 17.6 Å². The number of nitrogens with one attached hydrogen (secondary N) is 5. The number of benzene rings is 4. The number of carbonyl (C=O) groups is 2. The molecule has 7 heterocycles. The molecule has 7 aromatic heterocycles. The number of fused-ring (bicyclic) bond motifs is 2. The van der Waals surface area contributed by atoms with Crippen molar-refractivity contribution in [2.75, 3.05) is 0 Å². The normalized spacial score (nSPS) is 11.0. The number of nitrogens with zero attached hydrogens (tertiary/aromatic N) is 8. The number of nitriles is 1. The molecule has 0 unspecified atom stereocenters. The fraction of sp³-hybridized carbons (Fsp3) is 0.0714. The molecule has 0 aliphatic heterocycles. The van der Waals surface area contributed by atoms with Crippen LogP contribution in [0.2, 0.25) is 0 Å². The van der Waals surface area contributed by atoms with Gasteiger partial charge in [0.05, 0.1) is 18.7 Å². The fourth-order valence-electron chi connectivity index (χ4n) is 8.54. The second-order valence-electron chi connectivity index (χ2n) is 17.5. The molecule has 4 aromatic carbocycles. The molecule has 2 amide bonds. The van der Waals surface area contributed by atoms with Gasteiger partial charge in [-0.2, -0.15) is 10.5 Å². The fourth-order valence-corrected chi connectivity index (χ4v) is 8.54. The lowest BCUT2D eigenvalue weighted by Crippen LogP contribution is -2.32. The first kappa shape index (κ1) is 49.9. The third kappa shape index (κ3) is 11.0. The summed E-state index contributed by atoms with van der Waals surface area (Å²) in [5, 5.41) is 30.5. The molecule has 0 fully saturated rings. The first-order valence-corrected chi connectivity index (χ1v) is 23.5. The third-order valence-corrected chi connectivity index (χ3v) is 12.4. The summed E-state index contributed by atoms with van der Waals surface area (Å²) in [6.45, 7) is 0.340. The summed E-state index contributed by atoms with van der Waals surface area (Å²) in [4.78, 5) is 66.5. The van der Waals surface area contributed by atoms with Crippen LogP contribution in [0.3, 0.4) is 0 Å². The Hall–Kier alpha value is -10.6. The minimum absolute atomic E-state index is 0.00683. The van der Waals surface area contributed by atoms with Gasteiger partial charge in [-0.25, -0.2) is 27.5 Å². The Morgan fingerprint density at radius 3 is 1.58 bits per heavy atom. The van der Waals surface area contributed by atoms with E-state index < -0.39 is 46.2 Å². The SMILES string of the molecule is N#Cc1cnc2[nH]cc(-c3cccc(CNC(=O)c4cccn(Cc5ccc(F)c(F)c5)c4=O)c3)c2c1.O=C(NCc1cccc(-c2c[nH]c3ncc(-c4nn[nH]n4)cc23)c1)c1cccn(Cc2ccc(F)c(F)c2)c1=O. The van der Waals surface area contributed by atoms with Gasteiger partial charge in [0.15, 0.2) is 23.3 Å². The number of rotatable bonds is 13. The van der Waals surface area contributed by atoms with Gasteiger partial charge < -0.3 is 29.7 Å². The summed E-state index contributed by atoms with van der Waals surface area (Å²) in [6.07, 6.45) is 9.81. The molecule has 5 N–H and O–H groups in total. The summed E-state index contributed by atoms with van der Waals surface area (Å²) in [5.41, 5.74) is 7.30. The summed E-state index contributed by atoms with van der Waals surface area (Å²) < 4.78 is 56.1. The minimum Gasteiger partial charge on any atom is -0.348 e. The topological polar surface area (TPSA) is 238 Å². The average molecular weight is 1030 g/mol. The van der Waals surface area contributed by atoms with E-state index in [0.29, 0.717) is 39.4 Å². The van der Waals surface area contributed by atoms with Gasteiger partial charge in [-0.15, -0.1) is 10.2 Å². The maximum absolute atomic E-state index is 13.6. The van der Waals surface area contributed by atoms with E-state index in [1.807, 2.05) is 67.0 Å². The van der Waals surface area contributed by atoms with E-state index in [1.165, 1.54) is 52.0 Å². The van der Waals surface area contributed by atoms with E-state index >= 15 is 0 Å². The summed E-state index contributed by atoms with van der Waals surface area (Å²) >= 11 is 0. The molecule has 0 aliphatic rings. The van der Waals surface area contributed by atoms with E-state index in [9.17, 15) is 42.0 Å². The predicted molar refractivity (Wildman–Crippen MR) is 276 cm³/mol. The monoisotopic (exact) mass is 1030 g/mol. The largest absolute Gasteiger partial charge is 0.348 e. The van der Waals surface area contributed by atoms with Gasteiger partial charge in [-0.3, -0.25) is 19.2 Å². The van der Waals surface area contributed by atoms with Crippen molar-refractivity contribution in [3.05, 3.63) is 241 Å². The standard InChI is InChI=1S/C28H20F2N8O2.C28H19F2N5O2/c29-23-7-6-17(10-24(23)30)15-38-8-2-5-20(28(38)40)27(39)33-12-16-3-1-4-18(9-16)22-14-32-26-21(22)11-19(13-31-26)25-34-36-37-35-25;29-24-7-6-18(11-25(24)30)16-35-8-2-5-21(28(35)37)27(36)34-13-17-3-1-4-20(9-17)23-15-33-26-22(23)10-19(12-31)14-32-26/h1-11,13-14H,12,15H2,(H,31,32)(H,33,39)(H,34,35,36,37);1-11,14-15H,13,16H2,(H,32,33)(H,34,36). The van der Waals surface area contributed by atoms with Crippen molar-refractivity contribution < 1.29 is 27.2 Å². The second-order valence-corrected chi connectivity index (χ2v) is 17.5. The van der Waals surface area contributed by atoms with Crippen molar-refractivity contribution in [2.45, 2.75) is 26.2 Å². The maximum Gasteiger partial charge on any atom is 0.263 e. The Kier molecular flexibility index (Phi) is 14.2. The van der Waals surface area contributed by atoms with Gasteiger partial charge in [0, 0.05) is 77.7 Å². The van der Waals surface area contributed by atoms with Crippen molar-refractivity contribution in [3.8, 4) is 39.7 Å². The highest BCUT2D eigenvalue weighted by atomic mass is 19.2. The Labute approximate surface area is 432 Å². The van der Waals surface area contributed by atoms with Gasteiger partial charge in [-0.1, -0.05) is 48.5 Å². The number of pyridine rings is 4. The number of hydrogen-bond acceptors (Lipinski definition) is 10. The summed E-state index contributed by atoms with van der Waals surface area (Å²) in [5.74, 6) is -4.61. The van der Waals surface area contributed by atoms with Crippen molar-refractivity contribution in [1.29, 1.82) is 5.26 Å². The van der Waals surface area contributed by atoms with Crippen molar-refractivity contribution in [1.82, 2.24) is 60.3 Å². The van der Waals surface area contributed by atoms with Crippen LogP contribution in [0.15, 0.2) is 168 Å². The van der Waals surface area contributed by atoms with Gasteiger partial charge in [0.25, 0.3) is 22.9 Å². The lowest BCUT2D eigenvalue weighted by molar-refractivity contribution is 0.0940. The van der Waals surface area contributed by atoms with Crippen LogP contribution in [0.5, 0.6) is 0 Å². The Morgan fingerprint density at radius 1 is 0.571 bits per heavy atom. The maximum atomic E-state index is 13.6. The number of aromatic nitrogens is 10. The number of hydrogen-bond donors (Lipinski definition) is 5. The van der Waals surface area contributed by atoms with Crippen molar-refractivity contribution >= 4 is 33.9 Å². The average Bonchev–Trinajstić information content (AvgIpc) is 4.27. The molecule has 0 atom stereocenters. The highest BCUT2D eigenvalue weighted by molar-refractivity contribution is 5.97. The van der Waals surface area contributed by atoms with Gasteiger partial charge in [0.2, 0.25) is 5.82 Å². The van der Waals surface area contributed by atoms with Crippen LogP contribution in [-0.2, 0) is 26.2 Å². The first-order chi connectivity index (χ1) is 37.4. The smallest absolute Gasteiger partial charge is 0.263 e. The van der Waals surface area contributed by atoms with Gasteiger partial charge in [-0.05, 0) is 111 Å². The lowest BCUT2D eigenvalue weighted by atomic mass is 10.0. The minimum atomic E-state index is -1.00. The molecule has 21 heteroatoms. The van der Waals surface area contributed by atoms with Crippen LogP contribution in [0.1, 0.15) is 48.5 Å². The van der Waals surface area contributed by atoms with E-state index in [0.717, 1.165) is 68.4 Å². The zero-order chi connectivity index (χ0) is 53.6. The zero-order valence-corrected chi connectivity index (χ0v) is 40.1. The summed E-state index contributed by atoms with van der Waals surface area (Å²) in [7, 11) is 0. The van der Waals surface area contributed by atoms with E-state index in [2.05, 4.69) is 57.3 Å². The molecule has 0 bridgehead atoms. The molecule has 17 nitrogen and oxygen atoms in total. The van der Waals surface area contributed by atoms with Crippen LogP contribution in [0, 0.1) is 34.6 Å². The predicted octanol–water partition coefficient (Wildman–Crippen LogP) is 8.35. The molecule has 0 aliphatic carbocycles. The molecule has 0 radical (unpaired) electrons. The number of amides is 2. The molecule has 0 spiro atoms. The quantitative estimate of drug-likeness (QED) is 0.0692. The Morgan fingerprint density at radius 2 is 1.09 bits per heavy atom.